The maximum absolute atomic E-state index is 13.2. The van der Waals surface area contributed by atoms with E-state index in [2.05, 4.69) is 5.32 Å². The lowest BCUT2D eigenvalue weighted by atomic mass is 10.0. The molecule has 0 aromatic heterocycles. The topological polar surface area (TPSA) is 21.3 Å². The Morgan fingerprint density at radius 3 is 2.55 bits per heavy atom. The number of nitrogens with one attached hydrogen (secondary N) is 1. The molecule has 0 amide bonds. The maximum atomic E-state index is 13.2. The molecule has 0 spiro atoms. The molecule has 20 heavy (non-hydrogen) atoms. The number of benzene rings is 1. The molecule has 0 radical (unpaired) electrons. The molecule has 0 saturated heterocycles. The Labute approximate surface area is 116 Å². The third-order valence-electron chi connectivity index (χ3n) is 2.78. The molecule has 1 N–H and O–H groups in total. The van der Waals surface area contributed by atoms with Crippen LogP contribution in [0.1, 0.15) is 31.4 Å². The monoisotopic (exact) mass is 293 g/mol. The molecule has 1 aromatic carbocycles. The number of hydrogen-bond donors (Lipinski definition) is 1. The molecule has 0 aliphatic heterocycles. The first kappa shape index (κ1) is 16.9. The van der Waals surface area contributed by atoms with Crippen LogP contribution in [0.5, 0.6) is 0 Å². The maximum Gasteiger partial charge on any atom is 0.261 e. The summed E-state index contributed by atoms with van der Waals surface area (Å²) in [5, 5.41) is 3.16. The van der Waals surface area contributed by atoms with Crippen molar-refractivity contribution in [2.75, 3.05) is 19.8 Å². The Morgan fingerprint density at radius 1 is 1.20 bits per heavy atom. The zero-order valence-corrected chi connectivity index (χ0v) is 11.3. The van der Waals surface area contributed by atoms with Crippen molar-refractivity contribution < 1.29 is 22.3 Å². The minimum Gasteiger partial charge on any atom is -0.375 e. The first-order valence-electron chi connectivity index (χ1n) is 6.58. The molecule has 1 rings (SSSR count). The van der Waals surface area contributed by atoms with E-state index >= 15 is 0 Å². The fraction of sp³-hybridized carbons (Fsp3) is 0.571. The summed E-state index contributed by atoms with van der Waals surface area (Å²) in [6, 6.07) is 3.42. The minimum absolute atomic E-state index is 0.130. The van der Waals surface area contributed by atoms with Crippen LogP contribution < -0.4 is 5.32 Å². The second kappa shape index (κ2) is 8.92. The van der Waals surface area contributed by atoms with Crippen LogP contribution in [0.2, 0.25) is 0 Å². The van der Waals surface area contributed by atoms with E-state index in [9.17, 15) is 17.6 Å². The average molecular weight is 293 g/mol. The zero-order chi connectivity index (χ0) is 15.0. The average Bonchev–Trinajstić information content (AvgIpc) is 2.41. The highest BCUT2D eigenvalue weighted by Gasteiger charge is 2.13. The molecule has 0 aliphatic carbocycles. The van der Waals surface area contributed by atoms with Crippen LogP contribution in [0.15, 0.2) is 18.2 Å². The van der Waals surface area contributed by atoms with Gasteiger partial charge in [0, 0.05) is 12.6 Å². The first-order valence-corrected chi connectivity index (χ1v) is 6.58. The van der Waals surface area contributed by atoms with Gasteiger partial charge in [0.25, 0.3) is 6.43 Å². The van der Waals surface area contributed by atoms with Crippen LogP contribution in [-0.2, 0) is 4.74 Å². The predicted molar refractivity (Wildman–Crippen MR) is 68.8 cm³/mol. The zero-order valence-electron chi connectivity index (χ0n) is 11.3. The fourth-order valence-corrected chi connectivity index (χ4v) is 1.81. The Balaban J connectivity index is 2.60. The normalized spacial score (nSPS) is 12.9. The van der Waals surface area contributed by atoms with E-state index < -0.39 is 24.7 Å². The fourth-order valence-electron chi connectivity index (χ4n) is 1.81. The van der Waals surface area contributed by atoms with Gasteiger partial charge in [-0.05, 0) is 37.1 Å². The third kappa shape index (κ3) is 5.88. The van der Waals surface area contributed by atoms with Gasteiger partial charge in [-0.2, -0.15) is 0 Å². The summed E-state index contributed by atoms with van der Waals surface area (Å²) in [5.74, 6) is -1.82. The lowest BCUT2D eigenvalue weighted by molar-refractivity contribution is 0.0143. The quantitative estimate of drug-likeness (QED) is 0.554. The van der Waals surface area contributed by atoms with Gasteiger partial charge in [0.15, 0.2) is 11.6 Å². The number of halogens is 4. The number of rotatable bonds is 9. The van der Waals surface area contributed by atoms with Gasteiger partial charge in [-0.1, -0.05) is 13.0 Å². The SMILES string of the molecule is CCCNC(CCOCC(F)F)c1ccc(F)c(F)c1. The van der Waals surface area contributed by atoms with E-state index in [1.807, 2.05) is 6.92 Å². The summed E-state index contributed by atoms with van der Waals surface area (Å²) in [4.78, 5) is 0. The molecule has 2 nitrogen and oxygen atoms in total. The van der Waals surface area contributed by atoms with Gasteiger partial charge in [-0.15, -0.1) is 0 Å². The highest BCUT2D eigenvalue weighted by molar-refractivity contribution is 5.21. The van der Waals surface area contributed by atoms with Gasteiger partial charge in [-0.25, -0.2) is 17.6 Å². The molecule has 0 bridgehead atoms. The van der Waals surface area contributed by atoms with E-state index in [-0.39, 0.29) is 12.6 Å². The second-order valence-corrected chi connectivity index (χ2v) is 4.43. The van der Waals surface area contributed by atoms with Gasteiger partial charge in [0.2, 0.25) is 0 Å². The standard InChI is InChI=1S/C14H19F4NO/c1-2-6-19-13(5-7-20-9-14(17)18)10-3-4-11(15)12(16)8-10/h3-4,8,13-14,19H,2,5-7,9H2,1H3. The number of alkyl halides is 2. The van der Waals surface area contributed by atoms with Gasteiger partial charge in [0.05, 0.1) is 0 Å². The molecule has 0 saturated carbocycles. The van der Waals surface area contributed by atoms with Gasteiger partial charge in [0.1, 0.15) is 6.61 Å². The summed E-state index contributed by atoms with van der Waals surface area (Å²) in [6.07, 6.45) is -1.21. The number of ether oxygens (including phenoxy) is 1. The van der Waals surface area contributed by atoms with E-state index in [4.69, 9.17) is 4.74 Å². The largest absolute Gasteiger partial charge is 0.375 e. The highest BCUT2D eigenvalue weighted by atomic mass is 19.3. The molecule has 0 heterocycles. The predicted octanol–water partition coefficient (Wildman–Crippen LogP) is 3.68. The van der Waals surface area contributed by atoms with Crippen LogP contribution in [0.4, 0.5) is 17.6 Å². The van der Waals surface area contributed by atoms with E-state index in [0.29, 0.717) is 18.5 Å². The Bertz CT molecular complexity index is 401. The third-order valence-corrected chi connectivity index (χ3v) is 2.78. The first-order chi connectivity index (χ1) is 9.54. The molecular weight excluding hydrogens is 274 g/mol. The molecule has 1 unspecified atom stereocenters. The number of hydrogen-bond acceptors (Lipinski definition) is 2. The highest BCUT2D eigenvalue weighted by Crippen LogP contribution is 2.19. The molecule has 6 heteroatoms. The smallest absolute Gasteiger partial charge is 0.261 e. The van der Waals surface area contributed by atoms with Gasteiger partial charge in [-0.3, -0.25) is 0 Å². The summed E-state index contributed by atoms with van der Waals surface area (Å²) in [5.41, 5.74) is 0.581. The summed E-state index contributed by atoms with van der Waals surface area (Å²) in [6.45, 7) is 2.18. The van der Waals surface area contributed by atoms with Gasteiger partial charge < -0.3 is 10.1 Å². The van der Waals surface area contributed by atoms with Gasteiger partial charge >= 0.3 is 0 Å². The minimum atomic E-state index is -2.50. The molecule has 0 fully saturated rings. The van der Waals surface area contributed by atoms with Crippen molar-refractivity contribution in [1.29, 1.82) is 0 Å². The molecule has 0 aliphatic rings. The Morgan fingerprint density at radius 2 is 1.95 bits per heavy atom. The van der Waals surface area contributed by atoms with E-state index in [1.54, 1.807) is 0 Å². The van der Waals surface area contributed by atoms with Crippen molar-refractivity contribution >= 4 is 0 Å². The molecule has 1 atom stereocenters. The molecule has 1 aromatic rings. The van der Waals surface area contributed by atoms with Crippen molar-refractivity contribution in [3.8, 4) is 0 Å². The van der Waals surface area contributed by atoms with Crippen LogP contribution in [0, 0.1) is 11.6 Å². The van der Waals surface area contributed by atoms with Crippen LogP contribution in [-0.4, -0.2) is 26.2 Å². The van der Waals surface area contributed by atoms with Crippen LogP contribution >= 0.6 is 0 Å². The van der Waals surface area contributed by atoms with Crippen molar-refractivity contribution in [1.82, 2.24) is 5.32 Å². The van der Waals surface area contributed by atoms with E-state index in [1.165, 1.54) is 6.07 Å². The van der Waals surface area contributed by atoms with E-state index in [0.717, 1.165) is 18.6 Å². The van der Waals surface area contributed by atoms with Crippen LogP contribution in [0.3, 0.4) is 0 Å². The molecule has 114 valence electrons. The lowest BCUT2D eigenvalue weighted by Crippen LogP contribution is -2.24. The Kier molecular flexibility index (Phi) is 7.54. The van der Waals surface area contributed by atoms with Crippen molar-refractivity contribution in [3.63, 3.8) is 0 Å². The van der Waals surface area contributed by atoms with Crippen molar-refractivity contribution in [2.24, 2.45) is 0 Å². The summed E-state index contributed by atoms with van der Waals surface area (Å²) in [7, 11) is 0. The van der Waals surface area contributed by atoms with Crippen LogP contribution in [0.25, 0.3) is 0 Å². The molecular formula is C14H19F4NO. The second-order valence-electron chi connectivity index (χ2n) is 4.43. The summed E-state index contributed by atoms with van der Waals surface area (Å²) >= 11 is 0. The van der Waals surface area contributed by atoms with Crippen molar-refractivity contribution in [2.45, 2.75) is 32.2 Å². The van der Waals surface area contributed by atoms with Crippen molar-refractivity contribution in [3.05, 3.63) is 35.4 Å². The lowest BCUT2D eigenvalue weighted by Gasteiger charge is -2.19. The summed E-state index contributed by atoms with van der Waals surface area (Å²) < 4.78 is 54.9. The Hall–Kier alpha value is -1.14.